The Balaban J connectivity index is 2.76. The van der Waals surface area contributed by atoms with Crippen molar-refractivity contribution in [3.8, 4) is 0 Å². The third-order valence-corrected chi connectivity index (χ3v) is 2.65. The maximum absolute atomic E-state index is 11.8. The molecule has 0 atom stereocenters. The molecule has 0 unspecified atom stereocenters. The van der Waals surface area contributed by atoms with Gasteiger partial charge in [0.15, 0.2) is 0 Å². The van der Waals surface area contributed by atoms with Crippen molar-refractivity contribution in [2.75, 3.05) is 24.4 Å². The average Bonchev–Trinajstić information content (AvgIpc) is 2.49. The summed E-state index contributed by atoms with van der Waals surface area (Å²) in [6, 6.07) is 7.02. The first kappa shape index (κ1) is 17.5. The Kier molecular flexibility index (Phi) is 7.45. The molecule has 7 nitrogen and oxygen atoms in total. The van der Waals surface area contributed by atoms with Crippen molar-refractivity contribution in [1.82, 2.24) is 0 Å². The lowest BCUT2D eigenvalue weighted by Crippen LogP contribution is -2.20. The van der Waals surface area contributed by atoms with Gasteiger partial charge in [-0.1, -0.05) is 12.1 Å². The Hall–Kier alpha value is -2.57. The zero-order chi connectivity index (χ0) is 16.4. The van der Waals surface area contributed by atoms with Crippen molar-refractivity contribution < 1.29 is 19.1 Å². The van der Waals surface area contributed by atoms with Crippen LogP contribution in [0.5, 0.6) is 0 Å². The fourth-order valence-electron chi connectivity index (χ4n) is 1.60. The fourth-order valence-corrected chi connectivity index (χ4v) is 1.60. The summed E-state index contributed by atoms with van der Waals surface area (Å²) in [4.78, 5) is 23.2. The summed E-state index contributed by atoms with van der Waals surface area (Å²) in [7, 11) is 0. The number of hydrogen-bond acceptors (Lipinski definition) is 7. The minimum absolute atomic E-state index is 0.0530. The Morgan fingerprint density at radius 1 is 1.14 bits per heavy atom. The molecule has 3 N–H and O–H groups in total. The number of carbonyl (C=O) groups excluding carboxylic acids is 2. The molecule has 0 aliphatic carbocycles. The highest BCUT2D eigenvalue weighted by atomic mass is 16.5. The first-order valence-corrected chi connectivity index (χ1v) is 7.08. The van der Waals surface area contributed by atoms with Gasteiger partial charge in [0.1, 0.15) is 5.71 Å². The second-order valence-corrected chi connectivity index (χ2v) is 4.28. The van der Waals surface area contributed by atoms with Crippen molar-refractivity contribution in [2.24, 2.45) is 5.10 Å². The molecule has 0 fully saturated rings. The van der Waals surface area contributed by atoms with Gasteiger partial charge in [0, 0.05) is 6.42 Å². The van der Waals surface area contributed by atoms with Crippen molar-refractivity contribution in [2.45, 2.75) is 26.7 Å². The number of hydrogen-bond donors (Lipinski definition) is 2. The third-order valence-electron chi connectivity index (χ3n) is 2.65. The molecule has 120 valence electrons. The van der Waals surface area contributed by atoms with Gasteiger partial charge in [0.05, 0.1) is 31.0 Å². The number of rotatable bonds is 8. The number of nitrogen functional groups attached to an aromatic ring is 1. The van der Waals surface area contributed by atoms with Crippen LogP contribution >= 0.6 is 0 Å². The summed E-state index contributed by atoms with van der Waals surface area (Å²) in [5, 5.41) is 4.01. The summed E-state index contributed by atoms with van der Waals surface area (Å²) in [6.45, 7) is 3.94. The number of nitrogens with one attached hydrogen (secondary N) is 1. The van der Waals surface area contributed by atoms with Gasteiger partial charge in [-0.25, -0.2) is 4.79 Å². The van der Waals surface area contributed by atoms with Gasteiger partial charge in [-0.2, -0.15) is 5.10 Å². The number of benzene rings is 1. The number of para-hydroxylation sites is 2. The van der Waals surface area contributed by atoms with E-state index in [1.165, 1.54) is 0 Å². The predicted octanol–water partition coefficient (Wildman–Crippen LogP) is 1.94. The van der Waals surface area contributed by atoms with Crippen molar-refractivity contribution >= 4 is 29.0 Å². The SMILES string of the molecule is CCOC(=O)CC/C(=N/Nc1ccccc1N)C(=O)OCC. The van der Waals surface area contributed by atoms with Crippen LogP contribution in [0, 0.1) is 0 Å². The van der Waals surface area contributed by atoms with Gasteiger partial charge in [-0.05, 0) is 26.0 Å². The topological polar surface area (TPSA) is 103 Å². The van der Waals surface area contributed by atoms with Crippen LogP contribution < -0.4 is 11.2 Å². The lowest BCUT2D eigenvalue weighted by atomic mass is 10.2. The van der Waals surface area contributed by atoms with Gasteiger partial charge < -0.3 is 15.2 Å². The van der Waals surface area contributed by atoms with Crippen molar-refractivity contribution in [3.05, 3.63) is 24.3 Å². The number of hydrazone groups is 1. The smallest absolute Gasteiger partial charge is 0.354 e. The minimum Gasteiger partial charge on any atom is -0.466 e. The average molecular weight is 307 g/mol. The number of anilines is 2. The Bertz CT molecular complexity index is 543. The number of carbonyl (C=O) groups is 2. The fraction of sp³-hybridized carbons (Fsp3) is 0.400. The van der Waals surface area contributed by atoms with Gasteiger partial charge in [0.2, 0.25) is 0 Å². The third kappa shape index (κ3) is 5.82. The van der Waals surface area contributed by atoms with E-state index in [1.54, 1.807) is 38.1 Å². The molecule has 0 aliphatic rings. The molecule has 22 heavy (non-hydrogen) atoms. The lowest BCUT2D eigenvalue weighted by Gasteiger charge is -2.08. The van der Waals surface area contributed by atoms with Crippen LogP contribution in [-0.4, -0.2) is 30.9 Å². The van der Waals surface area contributed by atoms with Crippen LogP contribution in [0.2, 0.25) is 0 Å². The Morgan fingerprint density at radius 3 is 2.45 bits per heavy atom. The van der Waals surface area contributed by atoms with E-state index in [-0.39, 0.29) is 25.2 Å². The van der Waals surface area contributed by atoms with Crippen molar-refractivity contribution in [3.63, 3.8) is 0 Å². The highest BCUT2D eigenvalue weighted by Crippen LogP contribution is 2.16. The van der Waals surface area contributed by atoms with Crippen molar-refractivity contribution in [1.29, 1.82) is 0 Å². The second kappa shape index (κ2) is 9.38. The monoisotopic (exact) mass is 307 g/mol. The summed E-state index contributed by atoms with van der Waals surface area (Å²) in [5.41, 5.74) is 9.68. The lowest BCUT2D eigenvalue weighted by molar-refractivity contribution is -0.142. The molecule has 0 saturated heterocycles. The van der Waals surface area contributed by atoms with Crippen LogP contribution in [0.3, 0.4) is 0 Å². The molecular formula is C15H21N3O4. The molecular weight excluding hydrogens is 286 g/mol. The van der Waals surface area contributed by atoms with Crippen LogP contribution in [-0.2, 0) is 19.1 Å². The normalized spacial score (nSPS) is 10.9. The van der Waals surface area contributed by atoms with Crippen LogP contribution in [0.25, 0.3) is 0 Å². The van der Waals surface area contributed by atoms with E-state index in [0.29, 0.717) is 18.0 Å². The molecule has 0 bridgehead atoms. The molecule has 0 aromatic heterocycles. The molecule has 1 rings (SSSR count). The molecule has 1 aromatic carbocycles. The molecule has 0 amide bonds. The highest BCUT2D eigenvalue weighted by molar-refractivity contribution is 6.36. The quantitative estimate of drug-likeness (QED) is 0.329. The summed E-state index contributed by atoms with van der Waals surface area (Å²) in [6.07, 6.45) is 0.175. The summed E-state index contributed by atoms with van der Waals surface area (Å²) >= 11 is 0. The second-order valence-electron chi connectivity index (χ2n) is 4.28. The molecule has 0 saturated carbocycles. The summed E-state index contributed by atoms with van der Waals surface area (Å²) in [5.74, 6) is -0.965. The number of esters is 2. The molecule has 0 heterocycles. The number of nitrogens with two attached hydrogens (primary N) is 1. The van der Waals surface area contributed by atoms with Gasteiger partial charge in [-0.15, -0.1) is 0 Å². The maximum atomic E-state index is 11.8. The van der Waals surface area contributed by atoms with E-state index in [9.17, 15) is 9.59 Å². The van der Waals surface area contributed by atoms with Crippen LogP contribution in [0.1, 0.15) is 26.7 Å². The van der Waals surface area contributed by atoms with Gasteiger partial charge in [0.25, 0.3) is 0 Å². The van der Waals surface area contributed by atoms with Gasteiger partial charge >= 0.3 is 11.9 Å². The zero-order valence-corrected chi connectivity index (χ0v) is 12.8. The Labute approximate surface area is 129 Å². The van der Waals surface area contributed by atoms with E-state index in [4.69, 9.17) is 15.2 Å². The standard InChI is InChI=1S/C15H21N3O4/c1-3-21-14(19)10-9-13(15(20)22-4-2)18-17-12-8-6-5-7-11(12)16/h5-8,17H,3-4,9-10,16H2,1-2H3/b18-13-. The van der Waals surface area contributed by atoms with Crippen LogP contribution in [0.4, 0.5) is 11.4 Å². The molecule has 0 spiro atoms. The minimum atomic E-state index is -0.575. The first-order valence-electron chi connectivity index (χ1n) is 7.08. The van der Waals surface area contributed by atoms with Crippen LogP contribution in [0.15, 0.2) is 29.4 Å². The van der Waals surface area contributed by atoms with E-state index >= 15 is 0 Å². The van der Waals surface area contributed by atoms with E-state index in [2.05, 4.69) is 10.5 Å². The molecule has 0 aliphatic heterocycles. The van der Waals surface area contributed by atoms with Gasteiger partial charge in [-0.3, -0.25) is 10.2 Å². The summed E-state index contributed by atoms with van der Waals surface area (Å²) < 4.78 is 9.75. The number of nitrogens with zero attached hydrogens (tertiary/aromatic N) is 1. The molecule has 1 aromatic rings. The van der Waals surface area contributed by atoms with E-state index < -0.39 is 11.9 Å². The first-order chi connectivity index (χ1) is 10.6. The highest BCUT2D eigenvalue weighted by Gasteiger charge is 2.15. The predicted molar refractivity (Wildman–Crippen MR) is 84.4 cm³/mol. The maximum Gasteiger partial charge on any atom is 0.354 e. The number of ether oxygens (including phenoxy) is 2. The molecule has 7 heteroatoms. The molecule has 0 radical (unpaired) electrons. The Morgan fingerprint density at radius 2 is 1.82 bits per heavy atom. The van der Waals surface area contributed by atoms with E-state index in [0.717, 1.165) is 0 Å². The van der Waals surface area contributed by atoms with E-state index in [1.807, 2.05) is 0 Å². The zero-order valence-electron chi connectivity index (χ0n) is 12.8. The largest absolute Gasteiger partial charge is 0.466 e.